The third kappa shape index (κ3) is 4.48. The van der Waals surface area contributed by atoms with Gasteiger partial charge in [0.15, 0.2) is 0 Å². The first-order chi connectivity index (χ1) is 10.8. The van der Waals surface area contributed by atoms with Crippen molar-refractivity contribution < 1.29 is 4.42 Å². The Hall–Kier alpha value is -1.53. The molecule has 0 spiro atoms. The highest BCUT2D eigenvalue weighted by molar-refractivity contribution is 7.99. The Morgan fingerprint density at radius 1 is 1.27 bits per heavy atom. The van der Waals surface area contributed by atoms with Crippen LogP contribution < -0.4 is 5.32 Å². The summed E-state index contributed by atoms with van der Waals surface area (Å²) in [7, 11) is 0. The maximum atomic E-state index is 5.61. The van der Waals surface area contributed by atoms with Crippen LogP contribution in [0.1, 0.15) is 32.6 Å². The van der Waals surface area contributed by atoms with E-state index in [0.717, 1.165) is 42.0 Å². The molecule has 5 nitrogen and oxygen atoms in total. The van der Waals surface area contributed by atoms with Crippen molar-refractivity contribution in [3.05, 3.63) is 36.5 Å². The average Bonchev–Trinajstić information content (AvgIpc) is 3.06. The van der Waals surface area contributed by atoms with E-state index in [-0.39, 0.29) is 6.04 Å². The van der Waals surface area contributed by atoms with Crippen molar-refractivity contribution in [2.24, 2.45) is 0 Å². The first-order valence-electron chi connectivity index (χ1n) is 7.74. The van der Waals surface area contributed by atoms with Gasteiger partial charge in [-0.15, -0.1) is 11.8 Å². The molecule has 0 aromatic carbocycles. The third-order valence-corrected chi connectivity index (χ3v) is 4.29. The second kappa shape index (κ2) is 8.80. The lowest BCUT2D eigenvalue weighted by molar-refractivity contribution is 0.202. The van der Waals surface area contributed by atoms with Gasteiger partial charge in [0.05, 0.1) is 24.7 Å². The van der Waals surface area contributed by atoms with Crippen molar-refractivity contribution in [1.82, 2.24) is 14.9 Å². The summed E-state index contributed by atoms with van der Waals surface area (Å²) in [6.45, 7) is 9.13. The molecular weight excluding hydrogens is 296 g/mol. The highest BCUT2D eigenvalue weighted by Crippen LogP contribution is 2.22. The molecule has 0 fully saturated rings. The van der Waals surface area contributed by atoms with Crippen molar-refractivity contribution in [1.29, 1.82) is 0 Å². The molecule has 1 N–H and O–H groups in total. The molecule has 0 aliphatic carbocycles. The minimum absolute atomic E-state index is 0.189. The average molecular weight is 320 g/mol. The molecule has 6 heteroatoms. The van der Waals surface area contributed by atoms with Crippen molar-refractivity contribution >= 4 is 17.6 Å². The lowest BCUT2D eigenvalue weighted by atomic mass is 10.2. The molecule has 2 aromatic rings. The summed E-state index contributed by atoms with van der Waals surface area (Å²) in [6, 6.07) is 4.15. The van der Waals surface area contributed by atoms with Crippen LogP contribution in [-0.4, -0.2) is 40.3 Å². The number of thioether (sulfide) groups is 1. The van der Waals surface area contributed by atoms with Crippen molar-refractivity contribution in [2.45, 2.75) is 31.8 Å². The number of nitrogens with one attached hydrogen (secondary N) is 1. The van der Waals surface area contributed by atoms with E-state index in [1.807, 2.05) is 12.1 Å². The minimum Gasteiger partial charge on any atom is -0.468 e. The predicted octanol–water partition coefficient (Wildman–Crippen LogP) is 3.68. The molecule has 2 aromatic heterocycles. The molecule has 0 bridgehead atoms. The maximum Gasteiger partial charge on any atom is 0.145 e. The fraction of sp³-hybridized carbons (Fsp3) is 0.500. The molecule has 2 rings (SSSR count). The zero-order chi connectivity index (χ0) is 15.8. The number of hydrogen-bond acceptors (Lipinski definition) is 6. The van der Waals surface area contributed by atoms with Gasteiger partial charge in [0.1, 0.15) is 16.6 Å². The molecule has 0 radical (unpaired) electrons. The van der Waals surface area contributed by atoms with Gasteiger partial charge >= 0.3 is 0 Å². The lowest BCUT2D eigenvalue weighted by Gasteiger charge is -2.28. The fourth-order valence-electron chi connectivity index (χ4n) is 2.41. The zero-order valence-electron chi connectivity index (χ0n) is 13.5. The molecule has 0 aliphatic rings. The number of rotatable bonds is 9. The van der Waals surface area contributed by atoms with E-state index in [1.54, 1.807) is 30.4 Å². The van der Waals surface area contributed by atoms with Gasteiger partial charge in [-0.05, 0) is 31.0 Å². The van der Waals surface area contributed by atoms with Crippen molar-refractivity contribution in [3.8, 4) is 0 Å². The molecule has 2 heterocycles. The smallest absolute Gasteiger partial charge is 0.145 e. The van der Waals surface area contributed by atoms with Crippen LogP contribution in [0.2, 0.25) is 0 Å². The molecule has 1 atom stereocenters. The standard InChI is InChI=1S/C16H24N4OS/c1-4-20(5-2)13(14-8-7-9-21-14)10-18-15-11-17-12-16(19-15)22-6-3/h7-9,11-13H,4-6,10H2,1-3H3,(H,18,19). The minimum atomic E-state index is 0.189. The Morgan fingerprint density at radius 2 is 2.09 bits per heavy atom. The Bertz CT molecular complexity index is 543. The summed E-state index contributed by atoms with van der Waals surface area (Å²) in [5.41, 5.74) is 0. The van der Waals surface area contributed by atoms with Gasteiger partial charge in [-0.2, -0.15) is 0 Å². The van der Waals surface area contributed by atoms with Crippen LogP contribution in [0.5, 0.6) is 0 Å². The SMILES string of the molecule is CCSc1cncc(NCC(c2ccco2)N(CC)CC)n1. The molecule has 22 heavy (non-hydrogen) atoms. The molecule has 120 valence electrons. The summed E-state index contributed by atoms with van der Waals surface area (Å²) >= 11 is 1.69. The summed E-state index contributed by atoms with van der Waals surface area (Å²) in [6.07, 6.45) is 5.29. The second-order valence-electron chi connectivity index (χ2n) is 4.81. The van der Waals surface area contributed by atoms with Crippen LogP contribution in [-0.2, 0) is 0 Å². The topological polar surface area (TPSA) is 54.2 Å². The fourth-order valence-corrected chi connectivity index (χ4v) is 3.00. The molecule has 0 aliphatic heterocycles. The van der Waals surface area contributed by atoms with E-state index < -0.39 is 0 Å². The number of aromatic nitrogens is 2. The lowest BCUT2D eigenvalue weighted by Crippen LogP contribution is -2.33. The van der Waals surface area contributed by atoms with Crippen LogP contribution in [0, 0.1) is 0 Å². The first kappa shape index (κ1) is 16.8. The van der Waals surface area contributed by atoms with Gasteiger partial charge in [-0.25, -0.2) is 4.98 Å². The van der Waals surface area contributed by atoms with E-state index in [9.17, 15) is 0 Å². The largest absolute Gasteiger partial charge is 0.468 e. The van der Waals surface area contributed by atoms with Crippen LogP contribution in [0.3, 0.4) is 0 Å². The Kier molecular flexibility index (Phi) is 6.74. The first-order valence-corrected chi connectivity index (χ1v) is 8.73. The van der Waals surface area contributed by atoms with Gasteiger partial charge in [0.2, 0.25) is 0 Å². The highest BCUT2D eigenvalue weighted by Gasteiger charge is 2.20. The normalized spacial score (nSPS) is 12.5. The quantitative estimate of drug-likeness (QED) is 0.711. The van der Waals surface area contributed by atoms with Gasteiger partial charge in [-0.1, -0.05) is 20.8 Å². The molecule has 0 amide bonds. The summed E-state index contributed by atoms with van der Waals surface area (Å²) in [5.74, 6) is 2.78. The Morgan fingerprint density at radius 3 is 2.73 bits per heavy atom. The second-order valence-corrected chi connectivity index (χ2v) is 6.09. The molecule has 1 unspecified atom stereocenters. The predicted molar refractivity (Wildman–Crippen MR) is 91.3 cm³/mol. The number of anilines is 1. The van der Waals surface area contributed by atoms with Gasteiger partial charge < -0.3 is 9.73 Å². The zero-order valence-corrected chi connectivity index (χ0v) is 14.3. The molecule has 0 saturated heterocycles. The van der Waals surface area contributed by atoms with Gasteiger partial charge in [-0.3, -0.25) is 9.88 Å². The van der Waals surface area contributed by atoms with E-state index >= 15 is 0 Å². The van der Waals surface area contributed by atoms with Crippen LogP contribution in [0.15, 0.2) is 40.2 Å². The summed E-state index contributed by atoms with van der Waals surface area (Å²) in [4.78, 5) is 11.2. The van der Waals surface area contributed by atoms with Crippen molar-refractivity contribution in [3.63, 3.8) is 0 Å². The van der Waals surface area contributed by atoms with Crippen LogP contribution in [0.4, 0.5) is 5.82 Å². The number of likely N-dealkylation sites (N-methyl/N-ethyl adjacent to an activating group) is 1. The molecular formula is C16H24N4OS. The van der Waals surface area contributed by atoms with Crippen LogP contribution in [0.25, 0.3) is 0 Å². The number of furan rings is 1. The van der Waals surface area contributed by atoms with E-state index in [2.05, 4.69) is 41.0 Å². The Labute approximate surface area is 136 Å². The van der Waals surface area contributed by atoms with Gasteiger partial charge in [0, 0.05) is 6.54 Å². The highest BCUT2D eigenvalue weighted by atomic mass is 32.2. The number of nitrogens with zero attached hydrogens (tertiary/aromatic N) is 3. The third-order valence-electron chi connectivity index (χ3n) is 3.51. The summed E-state index contributed by atoms with van der Waals surface area (Å²) < 4.78 is 5.61. The van der Waals surface area contributed by atoms with E-state index in [0.29, 0.717) is 0 Å². The van der Waals surface area contributed by atoms with E-state index in [4.69, 9.17) is 4.42 Å². The summed E-state index contributed by atoms with van der Waals surface area (Å²) in [5, 5.41) is 4.34. The van der Waals surface area contributed by atoms with Gasteiger partial charge in [0.25, 0.3) is 0 Å². The number of hydrogen-bond donors (Lipinski definition) is 1. The van der Waals surface area contributed by atoms with Crippen molar-refractivity contribution in [2.75, 3.05) is 30.7 Å². The molecule has 0 saturated carbocycles. The Balaban J connectivity index is 2.06. The maximum absolute atomic E-state index is 5.61. The van der Waals surface area contributed by atoms with Crippen LogP contribution >= 0.6 is 11.8 Å². The monoisotopic (exact) mass is 320 g/mol. The van der Waals surface area contributed by atoms with E-state index in [1.165, 1.54) is 0 Å².